The number of ketones is 1. The molecule has 0 spiro atoms. The molecule has 32 heavy (non-hydrogen) atoms. The fourth-order valence-electron chi connectivity index (χ4n) is 4.84. The van der Waals surface area contributed by atoms with E-state index in [1.165, 1.54) is 0 Å². The van der Waals surface area contributed by atoms with E-state index in [4.69, 9.17) is 4.74 Å². The number of rotatable bonds is 7. The molecule has 4 rings (SSSR count). The van der Waals surface area contributed by atoms with Gasteiger partial charge >= 0.3 is 0 Å². The molecular formula is C26H30N2O4. The minimum Gasteiger partial charge on any atom is -0.497 e. The van der Waals surface area contributed by atoms with Crippen LogP contribution in [0.3, 0.4) is 0 Å². The van der Waals surface area contributed by atoms with E-state index in [2.05, 4.69) is 0 Å². The summed E-state index contributed by atoms with van der Waals surface area (Å²) < 4.78 is 5.17. The highest BCUT2D eigenvalue weighted by molar-refractivity contribution is 6.02. The van der Waals surface area contributed by atoms with Gasteiger partial charge in [-0.05, 0) is 42.7 Å². The molecule has 6 heteroatoms. The van der Waals surface area contributed by atoms with Gasteiger partial charge in [-0.1, -0.05) is 49.6 Å². The van der Waals surface area contributed by atoms with Gasteiger partial charge in [0.25, 0.3) is 0 Å². The van der Waals surface area contributed by atoms with Gasteiger partial charge in [0.1, 0.15) is 18.3 Å². The van der Waals surface area contributed by atoms with Gasteiger partial charge in [0.05, 0.1) is 7.11 Å². The maximum Gasteiger partial charge on any atom is 0.246 e. The second-order valence-electron chi connectivity index (χ2n) is 8.64. The van der Waals surface area contributed by atoms with Gasteiger partial charge in [0.15, 0.2) is 5.78 Å². The third kappa shape index (κ3) is 4.85. The first-order valence-corrected chi connectivity index (χ1v) is 11.4. The first-order valence-electron chi connectivity index (χ1n) is 11.4. The number of nitrogens with zero attached hydrogens (tertiary/aromatic N) is 2. The van der Waals surface area contributed by atoms with E-state index in [9.17, 15) is 14.4 Å². The zero-order valence-electron chi connectivity index (χ0n) is 18.5. The summed E-state index contributed by atoms with van der Waals surface area (Å²) in [6.45, 7) is 0.439. The Morgan fingerprint density at radius 2 is 1.66 bits per heavy atom. The summed E-state index contributed by atoms with van der Waals surface area (Å²) in [5.74, 6) is 0.338. The molecule has 2 fully saturated rings. The molecule has 0 radical (unpaired) electrons. The van der Waals surface area contributed by atoms with Crippen molar-refractivity contribution in [2.24, 2.45) is 0 Å². The van der Waals surface area contributed by atoms with Gasteiger partial charge in [0, 0.05) is 24.6 Å². The van der Waals surface area contributed by atoms with Crippen LogP contribution in [-0.2, 0) is 16.1 Å². The van der Waals surface area contributed by atoms with Crippen molar-refractivity contribution in [1.29, 1.82) is 0 Å². The quantitative estimate of drug-likeness (QED) is 0.621. The maximum atomic E-state index is 13.6. The Morgan fingerprint density at radius 3 is 2.31 bits per heavy atom. The number of amides is 2. The van der Waals surface area contributed by atoms with Gasteiger partial charge in [0.2, 0.25) is 11.8 Å². The molecule has 0 N–H and O–H groups in total. The Bertz CT molecular complexity index is 952. The van der Waals surface area contributed by atoms with Gasteiger partial charge in [-0.25, -0.2) is 0 Å². The molecule has 2 aromatic carbocycles. The lowest BCUT2D eigenvalue weighted by molar-refractivity contribution is -0.159. The van der Waals surface area contributed by atoms with Crippen molar-refractivity contribution in [2.75, 3.05) is 13.7 Å². The summed E-state index contributed by atoms with van der Waals surface area (Å²) >= 11 is 0. The van der Waals surface area contributed by atoms with Gasteiger partial charge in [-0.2, -0.15) is 0 Å². The van der Waals surface area contributed by atoms with E-state index >= 15 is 0 Å². The number of piperazine rings is 1. The highest BCUT2D eigenvalue weighted by atomic mass is 16.5. The third-order valence-corrected chi connectivity index (χ3v) is 6.52. The predicted molar refractivity (Wildman–Crippen MR) is 121 cm³/mol. The van der Waals surface area contributed by atoms with Crippen molar-refractivity contribution < 1.29 is 19.1 Å². The third-order valence-electron chi connectivity index (χ3n) is 6.52. The van der Waals surface area contributed by atoms with Crippen LogP contribution in [0.4, 0.5) is 0 Å². The Kier molecular flexibility index (Phi) is 6.88. The topological polar surface area (TPSA) is 66.9 Å². The van der Waals surface area contributed by atoms with Crippen LogP contribution in [0.1, 0.15) is 54.4 Å². The lowest BCUT2D eigenvalue weighted by atomic mass is 9.90. The highest BCUT2D eigenvalue weighted by Crippen LogP contribution is 2.29. The summed E-state index contributed by atoms with van der Waals surface area (Å²) in [6.07, 6.45) is 5.04. The van der Waals surface area contributed by atoms with E-state index in [1.807, 2.05) is 30.3 Å². The molecule has 6 nitrogen and oxygen atoms in total. The Balaban J connectivity index is 1.58. The zero-order valence-corrected chi connectivity index (χ0v) is 18.5. The molecule has 1 atom stereocenters. The number of carbonyl (C=O) groups excluding carboxylic acids is 3. The first kappa shape index (κ1) is 22.1. The fraction of sp³-hybridized carbons (Fsp3) is 0.423. The van der Waals surface area contributed by atoms with Crippen LogP contribution in [0.2, 0.25) is 0 Å². The molecular weight excluding hydrogens is 404 g/mol. The predicted octanol–water partition coefficient (Wildman–Crippen LogP) is 3.84. The van der Waals surface area contributed by atoms with Gasteiger partial charge in [-0.3, -0.25) is 14.4 Å². The van der Waals surface area contributed by atoms with Crippen molar-refractivity contribution >= 4 is 17.6 Å². The van der Waals surface area contributed by atoms with Crippen LogP contribution in [0, 0.1) is 0 Å². The average molecular weight is 435 g/mol. The Labute approximate surface area is 189 Å². The SMILES string of the molecule is COc1ccc(C(=O)CC2C(=O)N(Cc3ccccc3)CC(=O)N2C2CCCCC2)cc1. The standard InChI is InChI=1S/C26H30N2O4/c1-32-22-14-12-20(13-15-22)24(29)16-23-26(31)27(17-19-8-4-2-5-9-19)18-25(30)28(23)21-10-6-3-7-11-21/h2,4-5,8-9,12-15,21,23H,3,6-7,10-11,16-18H2,1H3. The van der Waals surface area contributed by atoms with Crippen LogP contribution in [0.5, 0.6) is 5.75 Å². The summed E-state index contributed by atoms with van der Waals surface area (Å²) in [4.78, 5) is 43.3. The van der Waals surface area contributed by atoms with E-state index in [0.29, 0.717) is 17.9 Å². The highest BCUT2D eigenvalue weighted by Gasteiger charge is 2.43. The number of Topliss-reactive ketones (excluding diaryl/α,β-unsaturated/α-hetero) is 1. The molecule has 0 bridgehead atoms. The molecule has 1 aliphatic carbocycles. The van der Waals surface area contributed by atoms with E-state index in [1.54, 1.807) is 41.2 Å². The van der Waals surface area contributed by atoms with Crippen LogP contribution >= 0.6 is 0 Å². The van der Waals surface area contributed by atoms with E-state index in [-0.39, 0.29) is 36.6 Å². The summed E-state index contributed by atoms with van der Waals surface area (Å²) in [7, 11) is 1.58. The van der Waals surface area contributed by atoms with Crippen molar-refractivity contribution in [3.05, 3.63) is 65.7 Å². The maximum absolute atomic E-state index is 13.6. The zero-order chi connectivity index (χ0) is 22.5. The average Bonchev–Trinajstić information content (AvgIpc) is 2.83. The van der Waals surface area contributed by atoms with E-state index in [0.717, 1.165) is 37.7 Å². The molecule has 0 aromatic heterocycles. The van der Waals surface area contributed by atoms with Crippen LogP contribution < -0.4 is 4.74 Å². The molecule has 1 saturated carbocycles. The second kappa shape index (κ2) is 9.98. The lowest BCUT2D eigenvalue weighted by Gasteiger charge is -2.45. The van der Waals surface area contributed by atoms with Gasteiger partial charge in [-0.15, -0.1) is 0 Å². The smallest absolute Gasteiger partial charge is 0.246 e. The van der Waals surface area contributed by atoms with E-state index < -0.39 is 6.04 Å². The Hall–Kier alpha value is -3.15. The minimum absolute atomic E-state index is 0.00130. The molecule has 1 heterocycles. The van der Waals surface area contributed by atoms with Crippen LogP contribution in [0.25, 0.3) is 0 Å². The molecule has 2 aliphatic rings. The Morgan fingerprint density at radius 1 is 0.969 bits per heavy atom. The molecule has 2 aromatic rings. The normalized spacial score (nSPS) is 19.8. The molecule has 2 amide bonds. The molecule has 1 aliphatic heterocycles. The van der Waals surface area contributed by atoms with Crippen molar-refractivity contribution in [3.63, 3.8) is 0 Å². The van der Waals surface area contributed by atoms with Crippen LogP contribution in [-0.4, -0.2) is 53.1 Å². The van der Waals surface area contributed by atoms with Gasteiger partial charge < -0.3 is 14.5 Å². The number of hydrogen-bond acceptors (Lipinski definition) is 4. The largest absolute Gasteiger partial charge is 0.497 e. The summed E-state index contributed by atoms with van der Waals surface area (Å²) in [5.41, 5.74) is 1.50. The number of methoxy groups -OCH3 is 1. The number of ether oxygens (including phenoxy) is 1. The lowest BCUT2D eigenvalue weighted by Crippen LogP contribution is -2.63. The monoisotopic (exact) mass is 434 g/mol. The molecule has 1 unspecified atom stereocenters. The number of benzene rings is 2. The van der Waals surface area contributed by atoms with Crippen molar-refractivity contribution in [2.45, 2.75) is 57.2 Å². The van der Waals surface area contributed by atoms with Crippen molar-refractivity contribution in [3.8, 4) is 5.75 Å². The van der Waals surface area contributed by atoms with Crippen molar-refractivity contribution in [1.82, 2.24) is 9.80 Å². The molecule has 168 valence electrons. The number of hydrogen-bond donors (Lipinski definition) is 0. The summed E-state index contributed by atoms with van der Waals surface area (Å²) in [6, 6.07) is 15.8. The number of carbonyl (C=O) groups is 3. The molecule has 1 saturated heterocycles. The second-order valence-corrected chi connectivity index (χ2v) is 8.64. The fourth-order valence-corrected chi connectivity index (χ4v) is 4.84. The summed E-state index contributed by atoms with van der Waals surface area (Å²) in [5, 5.41) is 0. The van der Waals surface area contributed by atoms with Crippen LogP contribution in [0.15, 0.2) is 54.6 Å². The first-order chi connectivity index (χ1) is 15.6. The minimum atomic E-state index is -0.752.